The van der Waals surface area contributed by atoms with E-state index in [1.54, 1.807) is 36.6 Å². The molecule has 1 aliphatic heterocycles. The number of nitrogens with one attached hydrogen (secondary N) is 1. The lowest BCUT2D eigenvalue weighted by Crippen LogP contribution is -2.24. The molecule has 1 unspecified atom stereocenters. The highest BCUT2D eigenvalue weighted by Crippen LogP contribution is 2.34. The Kier molecular flexibility index (Phi) is 6.58. The lowest BCUT2D eigenvalue weighted by atomic mass is 9.92. The van der Waals surface area contributed by atoms with E-state index >= 15 is 0 Å². The molecule has 1 aromatic carbocycles. The third-order valence-electron chi connectivity index (χ3n) is 5.29. The van der Waals surface area contributed by atoms with Crippen LogP contribution in [-0.4, -0.2) is 38.7 Å². The van der Waals surface area contributed by atoms with Gasteiger partial charge in [0, 0.05) is 29.4 Å². The minimum absolute atomic E-state index is 0.00430. The number of nitro groups is 1. The quantitative estimate of drug-likeness (QED) is 0.314. The van der Waals surface area contributed by atoms with E-state index in [1.807, 2.05) is 6.08 Å². The summed E-state index contributed by atoms with van der Waals surface area (Å²) >= 11 is 12.3. The van der Waals surface area contributed by atoms with Crippen LogP contribution in [0.15, 0.2) is 65.8 Å². The zero-order valence-electron chi connectivity index (χ0n) is 17.5. The predicted octanol–water partition coefficient (Wildman–Crippen LogP) is 5.39. The van der Waals surface area contributed by atoms with Gasteiger partial charge in [-0.2, -0.15) is 0 Å². The summed E-state index contributed by atoms with van der Waals surface area (Å²) in [5, 5.41) is 24.4. The second-order valence-corrected chi connectivity index (χ2v) is 8.26. The zero-order valence-corrected chi connectivity index (χ0v) is 19.0. The van der Waals surface area contributed by atoms with Gasteiger partial charge >= 0.3 is 5.97 Å². The number of anilines is 1. The molecule has 0 fully saturated rings. The Morgan fingerprint density at radius 1 is 1.18 bits per heavy atom. The molecule has 0 amide bonds. The minimum Gasteiger partial charge on any atom is -0.478 e. The van der Waals surface area contributed by atoms with Gasteiger partial charge in [0.2, 0.25) is 0 Å². The third-order valence-corrected chi connectivity index (χ3v) is 5.84. The number of benzene rings is 1. The second kappa shape index (κ2) is 9.58. The average molecular weight is 498 g/mol. The Morgan fingerprint density at radius 3 is 2.62 bits per heavy atom. The molecule has 11 heteroatoms. The summed E-state index contributed by atoms with van der Waals surface area (Å²) in [5.41, 5.74) is 0.369. The maximum absolute atomic E-state index is 11.7. The van der Waals surface area contributed by atoms with Crippen molar-refractivity contribution in [3.63, 3.8) is 0 Å². The fraction of sp³-hybridized carbons (Fsp3) is 0.130. The van der Waals surface area contributed by atoms with Crippen molar-refractivity contribution in [2.24, 2.45) is 4.99 Å². The van der Waals surface area contributed by atoms with Gasteiger partial charge in [-0.25, -0.2) is 9.78 Å². The number of nitrogens with zero attached hydrogens (tertiary/aromatic N) is 4. The first kappa shape index (κ1) is 23.3. The van der Waals surface area contributed by atoms with Crippen molar-refractivity contribution in [1.29, 1.82) is 0 Å². The highest BCUT2D eigenvalue weighted by Gasteiger charge is 2.32. The number of aliphatic imine (C=N–C) groups is 1. The number of hydrogen-bond acceptors (Lipinski definition) is 7. The zero-order chi connectivity index (χ0) is 24.3. The van der Waals surface area contributed by atoms with Crippen molar-refractivity contribution in [2.45, 2.75) is 12.0 Å². The molecule has 0 saturated heterocycles. The first-order valence-corrected chi connectivity index (χ1v) is 10.8. The van der Waals surface area contributed by atoms with Gasteiger partial charge in [0.05, 0.1) is 26.9 Å². The molecule has 2 N–H and O–H groups in total. The second-order valence-electron chi connectivity index (χ2n) is 7.42. The standard InChI is InChI=1S/C23H17Cl2N5O4/c24-14-2-4-16(18(25)12-14)21-17(22(31)32)5-7-20(29-21)26-11-9-23(8-1-10-28-23)19-6-3-15(13-27-19)30(33)34/h1-8,10,12-13H,9,11H2,(H,26,29)(H,31,32). The molecule has 0 spiro atoms. The summed E-state index contributed by atoms with van der Waals surface area (Å²) in [7, 11) is 0. The highest BCUT2D eigenvalue weighted by molar-refractivity contribution is 6.36. The molecule has 0 radical (unpaired) electrons. The molecule has 1 atom stereocenters. The molecule has 2 aromatic heterocycles. The molecule has 0 saturated carbocycles. The Labute approximate surface area is 204 Å². The Hall–Kier alpha value is -3.82. The molecule has 34 heavy (non-hydrogen) atoms. The lowest BCUT2D eigenvalue weighted by molar-refractivity contribution is -0.385. The maximum atomic E-state index is 11.7. The molecule has 9 nitrogen and oxygen atoms in total. The van der Waals surface area contributed by atoms with E-state index in [1.165, 1.54) is 24.4 Å². The smallest absolute Gasteiger partial charge is 0.337 e. The minimum atomic E-state index is -1.13. The lowest BCUT2D eigenvalue weighted by Gasteiger charge is -2.24. The van der Waals surface area contributed by atoms with Crippen molar-refractivity contribution in [3.8, 4) is 11.3 Å². The number of aromatic nitrogens is 2. The Bertz CT molecular complexity index is 1310. The van der Waals surface area contributed by atoms with E-state index in [4.69, 9.17) is 23.2 Å². The van der Waals surface area contributed by atoms with Crippen LogP contribution >= 0.6 is 23.2 Å². The summed E-state index contributed by atoms with van der Waals surface area (Å²) in [6.45, 7) is 0.410. The van der Waals surface area contributed by atoms with Crippen LogP contribution in [0, 0.1) is 10.1 Å². The van der Waals surface area contributed by atoms with E-state index in [0.29, 0.717) is 35.1 Å². The van der Waals surface area contributed by atoms with Gasteiger partial charge in [-0.3, -0.25) is 20.1 Å². The summed E-state index contributed by atoms with van der Waals surface area (Å²) in [6, 6.07) is 10.8. The van der Waals surface area contributed by atoms with Gasteiger partial charge in [-0.05, 0) is 55.0 Å². The first-order valence-electron chi connectivity index (χ1n) is 10.1. The number of carboxylic acid groups (broad SMARTS) is 1. The van der Waals surface area contributed by atoms with Gasteiger partial charge in [0.25, 0.3) is 5.69 Å². The predicted molar refractivity (Wildman–Crippen MR) is 130 cm³/mol. The monoisotopic (exact) mass is 497 g/mol. The van der Waals surface area contributed by atoms with Crippen LogP contribution in [0.1, 0.15) is 22.5 Å². The number of allylic oxidation sites excluding steroid dienone is 1. The molecule has 172 valence electrons. The van der Waals surface area contributed by atoms with Crippen molar-refractivity contribution in [1.82, 2.24) is 9.97 Å². The van der Waals surface area contributed by atoms with Gasteiger partial charge in [0.15, 0.2) is 0 Å². The van der Waals surface area contributed by atoms with Crippen LogP contribution in [0.25, 0.3) is 11.3 Å². The number of hydrogen-bond donors (Lipinski definition) is 2. The van der Waals surface area contributed by atoms with Crippen molar-refractivity contribution >= 4 is 46.9 Å². The molecular formula is C23H17Cl2N5O4. The molecule has 0 bridgehead atoms. The van der Waals surface area contributed by atoms with Crippen LogP contribution in [0.5, 0.6) is 0 Å². The van der Waals surface area contributed by atoms with Gasteiger partial charge in [0.1, 0.15) is 17.6 Å². The number of rotatable bonds is 8. The van der Waals surface area contributed by atoms with Gasteiger partial charge < -0.3 is 10.4 Å². The number of halogens is 2. The topological polar surface area (TPSA) is 131 Å². The van der Waals surface area contributed by atoms with E-state index in [9.17, 15) is 20.0 Å². The third kappa shape index (κ3) is 4.75. The largest absolute Gasteiger partial charge is 0.478 e. The molecular weight excluding hydrogens is 481 g/mol. The van der Waals surface area contributed by atoms with Crippen molar-refractivity contribution < 1.29 is 14.8 Å². The summed E-state index contributed by atoms with van der Waals surface area (Å²) < 4.78 is 0. The Morgan fingerprint density at radius 2 is 2.00 bits per heavy atom. The maximum Gasteiger partial charge on any atom is 0.337 e. The van der Waals surface area contributed by atoms with E-state index < -0.39 is 16.4 Å². The average Bonchev–Trinajstić information content (AvgIpc) is 3.29. The summed E-state index contributed by atoms with van der Waals surface area (Å²) in [4.78, 5) is 35.4. The van der Waals surface area contributed by atoms with Crippen LogP contribution in [0.2, 0.25) is 10.0 Å². The number of aromatic carboxylic acids is 1. The molecule has 0 aliphatic carbocycles. The van der Waals surface area contributed by atoms with E-state index in [-0.39, 0.29) is 22.0 Å². The van der Waals surface area contributed by atoms with Crippen molar-refractivity contribution in [3.05, 3.63) is 92.2 Å². The summed E-state index contributed by atoms with van der Waals surface area (Å²) in [6.07, 6.45) is 7.01. The van der Waals surface area contributed by atoms with E-state index in [0.717, 1.165) is 0 Å². The van der Waals surface area contributed by atoms with Crippen molar-refractivity contribution in [2.75, 3.05) is 11.9 Å². The Balaban J connectivity index is 1.56. The van der Waals surface area contributed by atoms with Crippen LogP contribution in [-0.2, 0) is 5.54 Å². The van der Waals surface area contributed by atoms with E-state index in [2.05, 4.69) is 20.3 Å². The van der Waals surface area contributed by atoms with Crippen LogP contribution in [0.3, 0.4) is 0 Å². The van der Waals surface area contributed by atoms with Gasteiger partial charge in [-0.15, -0.1) is 0 Å². The molecule has 4 rings (SSSR count). The number of pyridine rings is 2. The fourth-order valence-corrected chi connectivity index (χ4v) is 4.10. The van der Waals surface area contributed by atoms with Gasteiger partial charge in [-0.1, -0.05) is 23.2 Å². The SMILES string of the molecule is O=C(O)c1ccc(NCCC2(c3ccc([N+](=O)[O-])cn3)C=CC=N2)nc1-c1ccc(Cl)cc1Cl. The number of carboxylic acids is 1. The molecule has 3 aromatic rings. The van der Waals surface area contributed by atoms with Crippen LogP contribution < -0.4 is 5.32 Å². The fourth-order valence-electron chi connectivity index (χ4n) is 3.60. The highest BCUT2D eigenvalue weighted by atomic mass is 35.5. The molecule has 1 aliphatic rings. The van der Waals surface area contributed by atoms with Crippen LogP contribution in [0.4, 0.5) is 11.5 Å². The summed E-state index contributed by atoms with van der Waals surface area (Å²) in [5.74, 6) is -0.683. The normalized spacial score (nSPS) is 16.5. The first-order chi connectivity index (χ1) is 16.3. The molecule has 3 heterocycles. The number of carbonyl (C=O) groups is 1.